The highest BCUT2D eigenvalue weighted by atomic mass is 79.9. The fourth-order valence-corrected chi connectivity index (χ4v) is 3.33. The van der Waals surface area contributed by atoms with E-state index in [0.29, 0.717) is 14.2 Å². The molecule has 0 saturated carbocycles. The molecule has 19 heavy (non-hydrogen) atoms. The Morgan fingerprint density at radius 1 is 1.32 bits per heavy atom. The van der Waals surface area contributed by atoms with Crippen LogP contribution in [-0.4, -0.2) is 5.91 Å². The highest BCUT2D eigenvalue weighted by molar-refractivity contribution is 9.10. The van der Waals surface area contributed by atoms with Gasteiger partial charge in [0, 0.05) is 4.47 Å². The molecule has 1 heterocycles. The van der Waals surface area contributed by atoms with Gasteiger partial charge in [0.25, 0.3) is 5.91 Å². The third-order valence-electron chi connectivity index (χ3n) is 2.62. The highest BCUT2D eigenvalue weighted by Gasteiger charge is 2.16. The Bertz CT molecular complexity index is 597. The molecule has 0 fully saturated rings. The maximum Gasteiger partial charge on any atom is 0.254 e. The molecule has 1 aromatic carbocycles. The van der Waals surface area contributed by atoms with Crippen molar-refractivity contribution in [1.82, 2.24) is 5.32 Å². The standard InChI is InChI=1S/C13H10BrCl2NOS/c1-7(8-2-4-9(14)5-3-8)17-13(18)10-6-11(15)19-12(10)16/h2-7H,1H3,(H,17,18). The number of amides is 1. The zero-order chi connectivity index (χ0) is 14.0. The van der Waals surface area contributed by atoms with Crippen LogP contribution in [0.5, 0.6) is 0 Å². The first-order valence-corrected chi connectivity index (χ1v) is 7.85. The maximum atomic E-state index is 12.1. The molecule has 1 unspecified atom stereocenters. The molecular formula is C13H10BrCl2NOS. The van der Waals surface area contributed by atoms with E-state index in [1.54, 1.807) is 6.07 Å². The van der Waals surface area contributed by atoms with Gasteiger partial charge in [0.1, 0.15) is 4.34 Å². The number of benzene rings is 1. The number of nitrogens with one attached hydrogen (secondary N) is 1. The Morgan fingerprint density at radius 2 is 1.95 bits per heavy atom. The van der Waals surface area contributed by atoms with Gasteiger partial charge in [-0.05, 0) is 30.7 Å². The van der Waals surface area contributed by atoms with Gasteiger partial charge in [-0.3, -0.25) is 4.79 Å². The number of hydrogen-bond donors (Lipinski definition) is 1. The van der Waals surface area contributed by atoms with Crippen molar-refractivity contribution >= 4 is 56.4 Å². The summed E-state index contributed by atoms with van der Waals surface area (Å²) in [6, 6.07) is 9.27. The summed E-state index contributed by atoms with van der Waals surface area (Å²) >= 11 is 16.3. The van der Waals surface area contributed by atoms with Crippen LogP contribution in [0.3, 0.4) is 0 Å². The first-order chi connectivity index (χ1) is 8.97. The molecule has 0 aliphatic carbocycles. The van der Waals surface area contributed by atoms with Gasteiger partial charge in [-0.2, -0.15) is 0 Å². The fourth-order valence-electron chi connectivity index (χ4n) is 1.60. The molecule has 2 nitrogen and oxygen atoms in total. The summed E-state index contributed by atoms with van der Waals surface area (Å²) in [4.78, 5) is 12.1. The van der Waals surface area contributed by atoms with Crippen LogP contribution < -0.4 is 5.32 Å². The molecule has 0 radical (unpaired) electrons. The van der Waals surface area contributed by atoms with E-state index in [4.69, 9.17) is 23.2 Å². The van der Waals surface area contributed by atoms with Crippen molar-refractivity contribution < 1.29 is 4.79 Å². The Morgan fingerprint density at radius 3 is 2.47 bits per heavy atom. The number of thiophene rings is 1. The normalized spacial score (nSPS) is 12.2. The van der Waals surface area contributed by atoms with Gasteiger partial charge < -0.3 is 5.32 Å². The van der Waals surface area contributed by atoms with Gasteiger partial charge >= 0.3 is 0 Å². The Labute approximate surface area is 133 Å². The van der Waals surface area contributed by atoms with Gasteiger partial charge in [0.05, 0.1) is 15.9 Å². The second kappa shape index (κ2) is 6.27. The molecule has 100 valence electrons. The van der Waals surface area contributed by atoms with Crippen molar-refractivity contribution in [1.29, 1.82) is 0 Å². The number of halogens is 3. The quantitative estimate of drug-likeness (QED) is 0.770. The fraction of sp³-hybridized carbons (Fsp3) is 0.154. The molecule has 1 aromatic heterocycles. The van der Waals surface area contributed by atoms with Crippen molar-refractivity contribution in [2.45, 2.75) is 13.0 Å². The molecular weight excluding hydrogens is 369 g/mol. The van der Waals surface area contributed by atoms with E-state index in [1.807, 2.05) is 31.2 Å². The molecule has 2 aromatic rings. The number of carbonyl (C=O) groups excluding carboxylic acids is 1. The zero-order valence-electron chi connectivity index (χ0n) is 9.91. The lowest BCUT2D eigenvalue weighted by Gasteiger charge is -2.14. The van der Waals surface area contributed by atoms with Crippen molar-refractivity contribution in [2.75, 3.05) is 0 Å². The smallest absolute Gasteiger partial charge is 0.254 e. The first kappa shape index (κ1) is 14.9. The van der Waals surface area contributed by atoms with Crippen LogP contribution in [-0.2, 0) is 0 Å². The van der Waals surface area contributed by atoms with Crippen molar-refractivity contribution in [2.24, 2.45) is 0 Å². The lowest BCUT2D eigenvalue weighted by atomic mass is 10.1. The Kier molecular flexibility index (Phi) is 4.90. The lowest BCUT2D eigenvalue weighted by Crippen LogP contribution is -2.26. The summed E-state index contributed by atoms with van der Waals surface area (Å²) in [7, 11) is 0. The first-order valence-electron chi connectivity index (χ1n) is 5.48. The van der Waals surface area contributed by atoms with Crippen molar-refractivity contribution in [3.05, 3.63) is 54.6 Å². The van der Waals surface area contributed by atoms with Crippen LogP contribution in [0.15, 0.2) is 34.8 Å². The average Bonchev–Trinajstić information content (AvgIpc) is 2.69. The van der Waals surface area contributed by atoms with E-state index in [1.165, 1.54) is 11.3 Å². The van der Waals surface area contributed by atoms with Crippen molar-refractivity contribution in [3.8, 4) is 0 Å². The summed E-state index contributed by atoms with van der Waals surface area (Å²) in [5.41, 5.74) is 1.44. The third kappa shape index (κ3) is 3.72. The van der Waals surface area contributed by atoms with Crippen LogP contribution in [0.25, 0.3) is 0 Å². The van der Waals surface area contributed by atoms with Gasteiger partial charge in [-0.1, -0.05) is 51.3 Å². The van der Waals surface area contributed by atoms with Crippen LogP contribution in [0, 0.1) is 0 Å². The van der Waals surface area contributed by atoms with Crippen LogP contribution in [0.1, 0.15) is 28.9 Å². The molecule has 0 spiro atoms. The largest absolute Gasteiger partial charge is 0.345 e. The molecule has 1 amide bonds. The number of hydrogen-bond acceptors (Lipinski definition) is 2. The average molecular weight is 379 g/mol. The minimum atomic E-state index is -0.219. The predicted molar refractivity (Wildman–Crippen MR) is 84.4 cm³/mol. The van der Waals surface area contributed by atoms with E-state index < -0.39 is 0 Å². The van der Waals surface area contributed by atoms with Crippen LogP contribution >= 0.6 is 50.5 Å². The Hall–Kier alpha value is -0.550. The summed E-state index contributed by atoms with van der Waals surface area (Å²) in [6.07, 6.45) is 0. The SMILES string of the molecule is CC(NC(=O)c1cc(Cl)sc1Cl)c1ccc(Br)cc1. The lowest BCUT2D eigenvalue weighted by molar-refractivity contribution is 0.0940. The topological polar surface area (TPSA) is 29.1 Å². The van der Waals surface area contributed by atoms with Crippen molar-refractivity contribution in [3.63, 3.8) is 0 Å². The van der Waals surface area contributed by atoms with Gasteiger partial charge in [-0.25, -0.2) is 0 Å². The van der Waals surface area contributed by atoms with E-state index in [0.717, 1.165) is 10.0 Å². The molecule has 0 aliphatic rings. The summed E-state index contributed by atoms with van der Waals surface area (Å²) < 4.78 is 1.92. The van der Waals surface area contributed by atoms with E-state index >= 15 is 0 Å². The second-order valence-electron chi connectivity index (χ2n) is 3.98. The van der Waals surface area contributed by atoms with E-state index in [-0.39, 0.29) is 11.9 Å². The molecule has 2 rings (SSSR count). The number of rotatable bonds is 3. The predicted octanol–water partition coefficient (Wildman–Crippen LogP) is 5.31. The minimum Gasteiger partial charge on any atom is -0.345 e. The molecule has 1 N–H and O–H groups in total. The molecule has 0 aliphatic heterocycles. The zero-order valence-corrected chi connectivity index (χ0v) is 13.8. The molecule has 1 atom stereocenters. The van der Waals surface area contributed by atoms with Gasteiger partial charge in [0.15, 0.2) is 0 Å². The molecule has 0 bridgehead atoms. The monoisotopic (exact) mass is 377 g/mol. The molecule has 6 heteroatoms. The second-order valence-corrected chi connectivity index (χ2v) is 7.19. The third-order valence-corrected chi connectivity index (χ3v) is 4.64. The maximum absolute atomic E-state index is 12.1. The molecule has 0 saturated heterocycles. The summed E-state index contributed by atoms with van der Waals surface area (Å²) in [5, 5.41) is 2.90. The summed E-state index contributed by atoms with van der Waals surface area (Å²) in [6.45, 7) is 1.92. The summed E-state index contributed by atoms with van der Waals surface area (Å²) in [5.74, 6) is -0.219. The van der Waals surface area contributed by atoms with Gasteiger partial charge in [-0.15, -0.1) is 11.3 Å². The van der Waals surface area contributed by atoms with E-state index in [9.17, 15) is 4.79 Å². The minimum absolute atomic E-state index is 0.102. The van der Waals surface area contributed by atoms with Crippen LogP contribution in [0.2, 0.25) is 8.67 Å². The van der Waals surface area contributed by atoms with E-state index in [2.05, 4.69) is 21.2 Å². The van der Waals surface area contributed by atoms with Crippen LogP contribution in [0.4, 0.5) is 0 Å². The Balaban J connectivity index is 2.10. The highest BCUT2D eigenvalue weighted by Crippen LogP contribution is 2.31. The van der Waals surface area contributed by atoms with Gasteiger partial charge in [0.2, 0.25) is 0 Å². The number of carbonyl (C=O) groups is 1.